The Morgan fingerprint density at radius 1 is 1.14 bits per heavy atom. The molecule has 0 saturated heterocycles. The first kappa shape index (κ1) is 16.8. The van der Waals surface area contributed by atoms with Crippen molar-refractivity contribution in [3.05, 3.63) is 24.3 Å². The predicted molar refractivity (Wildman–Crippen MR) is 77.5 cm³/mol. The Balaban J connectivity index is 2.40. The maximum atomic E-state index is 11.7. The minimum absolute atomic E-state index is 0.162. The third kappa shape index (κ3) is 5.72. The Kier molecular flexibility index (Phi) is 6.52. The van der Waals surface area contributed by atoms with Gasteiger partial charge in [0.2, 0.25) is 0 Å². The number of aliphatic carboxylic acids is 1. The normalized spacial score (nSPS) is 13.1. The highest BCUT2D eigenvalue weighted by molar-refractivity contribution is 5.79. The molecule has 2 atom stereocenters. The van der Waals surface area contributed by atoms with Gasteiger partial charge in [0.1, 0.15) is 11.5 Å². The number of benzene rings is 1. The second kappa shape index (κ2) is 8.14. The van der Waals surface area contributed by atoms with Gasteiger partial charge >= 0.3 is 5.97 Å². The molecule has 0 saturated carbocycles. The Morgan fingerprint density at radius 2 is 1.67 bits per heavy atom. The zero-order chi connectivity index (χ0) is 15.8. The molecule has 21 heavy (non-hydrogen) atoms. The zero-order valence-corrected chi connectivity index (χ0v) is 12.5. The first-order valence-corrected chi connectivity index (χ1v) is 6.81. The monoisotopic (exact) mass is 295 g/mol. The summed E-state index contributed by atoms with van der Waals surface area (Å²) in [4.78, 5) is 22.5. The van der Waals surface area contributed by atoms with E-state index in [1.165, 1.54) is 0 Å². The van der Waals surface area contributed by atoms with Crippen LogP contribution in [0, 0.1) is 5.92 Å². The van der Waals surface area contributed by atoms with E-state index in [0.29, 0.717) is 12.4 Å². The van der Waals surface area contributed by atoms with E-state index in [9.17, 15) is 9.59 Å². The molecular formula is C15H21NO5. The molecule has 0 aliphatic heterocycles. The van der Waals surface area contributed by atoms with Crippen molar-refractivity contribution in [1.29, 1.82) is 0 Å². The van der Waals surface area contributed by atoms with Gasteiger partial charge < -0.3 is 19.9 Å². The van der Waals surface area contributed by atoms with E-state index < -0.39 is 17.9 Å². The van der Waals surface area contributed by atoms with Crippen LogP contribution in [0.25, 0.3) is 0 Å². The molecule has 1 aromatic carbocycles. The van der Waals surface area contributed by atoms with Crippen molar-refractivity contribution in [2.45, 2.75) is 26.8 Å². The fourth-order valence-electron chi connectivity index (χ4n) is 1.58. The molecule has 0 aliphatic carbocycles. The molecule has 0 bridgehead atoms. The lowest BCUT2D eigenvalue weighted by Crippen LogP contribution is -2.42. The van der Waals surface area contributed by atoms with Crippen LogP contribution in [0.3, 0.4) is 0 Å². The number of carbonyl (C=O) groups excluding carboxylic acids is 1. The van der Waals surface area contributed by atoms with Crippen molar-refractivity contribution < 1.29 is 24.2 Å². The molecule has 1 amide bonds. The molecule has 0 aromatic heterocycles. The SMILES string of the molecule is CCOc1ccc(OCC(=O)NC(C)C(C)C(=O)O)cc1. The Labute approximate surface area is 124 Å². The van der Waals surface area contributed by atoms with Crippen molar-refractivity contribution >= 4 is 11.9 Å². The van der Waals surface area contributed by atoms with Gasteiger partial charge in [0.15, 0.2) is 6.61 Å². The number of carboxylic acid groups (broad SMARTS) is 1. The van der Waals surface area contributed by atoms with E-state index in [2.05, 4.69) is 5.32 Å². The fourth-order valence-corrected chi connectivity index (χ4v) is 1.58. The Morgan fingerprint density at radius 3 is 2.14 bits per heavy atom. The number of hydrogen-bond acceptors (Lipinski definition) is 4. The molecule has 0 spiro atoms. The molecule has 1 aromatic rings. The van der Waals surface area contributed by atoms with Crippen LogP contribution >= 0.6 is 0 Å². The van der Waals surface area contributed by atoms with Gasteiger partial charge in [-0.1, -0.05) is 0 Å². The number of nitrogens with one attached hydrogen (secondary N) is 1. The molecule has 6 nitrogen and oxygen atoms in total. The summed E-state index contributed by atoms with van der Waals surface area (Å²) in [5.41, 5.74) is 0. The molecule has 2 unspecified atom stereocenters. The molecule has 2 N–H and O–H groups in total. The maximum Gasteiger partial charge on any atom is 0.308 e. The quantitative estimate of drug-likeness (QED) is 0.762. The zero-order valence-electron chi connectivity index (χ0n) is 12.5. The standard InChI is InChI=1S/C15H21NO5/c1-4-20-12-5-7-13(8-6-12)21-9-14(17)16-11(3)10(2)15(18)19/h5-8,10-11H,4,9H2,1-3H3,(H,16,17)(H,18,19). The van der Waals surface area contributed by atoms with E-state index in [-0.39, 0.29) is 12.5 Å². The third-order valence-corrected chi connectivity index (χ3v) is 3.03. The molecule has 0 radical (unpaired) electrons. The molecule has 0 aliphatic rings. The highest BCUT2D eigenvalue weighted by Gasteiger charge is 2.20. The lowest BCUT2D eigenvalue weighted by Gasteiger charge is -2.17. The number of hydrogen-bond donors (Lipinski definition) is 2. The van der Waals surface area contributed by atoms with Crippen molar-refractivity contribution in [2.75, 3.05) is 13.2 Å². The number of carbonyl (C=O) groups is 2. The third-order valence-electron chi connectivity index (χ3n) is 3.03. The van der Waals surface area contributed by atoms with Crippen LogP contribution in [0.15, 0.2) is 24.3 Å². The second-order valence-electron chi connectivity index (χ2n) is 4.68. The number of rotatable bonds is 8. The summed E-state index contributed by atoms with van der Waals surface area (Å²) in [6, 6.07) is 6.47. The lowest BCUT2D eigenvalue weighted by atomic mass is 10.0. The van der Waals surface area contributed by atoms with Crippen LogP contribution < -0.4 is 14.8 Å². The highest BCUT2D eigenvalue weighted by Crippen LogP contribution is 2.17. The van der Waals surface area contributed by atoms with Gasteiger partial charge in [0.25, 0.3) is 5.91 Å². The van der Waals surface area contributed by atoms with E-state index in [4.69, 9.17) is 14.6 Å². The predicted octanol–water partition coefficient (Wildman–Crippen LogP) is 1.69. The number of ether oxygens (including phenoxy) is 2. The van der Waals surface area contributed by atoms with Crippen LogP contribution in [0.4, 0.5) is 0 Å². The lowest BCUT2D eigenvalue weighted by molar-refractivity contribution is -0.142. The summed E-state index contributed by atoms with van der Waals surface area (Å²) in [5.74, 6) is -0.676. The minimum Gasteiger partial charge on any atom is -0.494 e. The first-order chi connectivity index (χ1) is 9.93. The summed E-state index contributed by atoms with van der Waals surface area (Å²) in [6.45, 7) is 5.51. The Bertz CT molecular complexity index is 471. The molecule has 1 rings (SSSR count). The summed E-state index contributed by atoms with van der Waals surface area (Å²) in [7, 11) is 0. The topological polar surface area (TPSA) is 84.9 Å². The van der Waals surface area contributed by atoms with Gasteiger partial charge in [-0.2, -0.15) is 0 Å². The van der Waals surface area contributed by atoms with Crippen LogP contribution in [0.1, 0.15) is 20.8 Å². The van der Waals surface area contributed by atoms with Crippen LogP contribution in [-0.2, 0) is 9.59 Å². The van der Waals surface area contributed by atoms with Crippen LogP contribution in [0.2, 0.25) is 0 Å². The second-order valence-corrected chi connectivity index (χ2v) is 4.68. The fraction of sp³-hybridized carbons (Fsp3) is 0.467. The van der Waals surface area contributed by atoms with E-state index in [1.54, 1.807) is 38.1 Å². The molecule has 0 fully saturated rings. The van der Waals surface area contributed by atoms with Crippen LogP contribution in [0.5, 0.6) is 11.5 Å². The smallest absolute Gasteiger partial charge is 0.308 e. The van der Waals surface area contributed by atoms with Gasteiger partial charge in [-0.3, -0.25) is 9.59 Å². The van der Waals surface area contributed by atoms with Gasteiger partial charge in [-0.05, 0) is 45.0 Å². The van der Waals surface area contributed by atoms with Gasteiger partial charge in [0.05, 0.1) is 12.5 Å². The molecular weight excluding hydrogens is 274 g/mol. The average Bonchev–Trinajstić information content (AvgIpc) is 2.45. The Hall–Kier alpha value is -2.24. The van der Waals surface area contributed by atoms with Crippen molar-refractivity contribution in [2.24, 2.45) is 5.92 Å². The van der Waals surface area contributed by atoms with Crippen LogP contribution in [-0.4, -0.2) is 36.2 Å². The molecule has 116 valence electrons. The average molecular weight is 295 g/mol. The van der Waals surface area contributed by atoms with E-state index in [1.807, 2.05) is 6.92 Å². The number of amides is 1. The minimum atomic E-state index is -0.949. The van der Waals surface area contributed by atoms with E-state index in [0.717, 1.165) is 5.75 Å². The molecule has 0 heterocycles. The van der Waals surface area contributed by atoms with Crippen molar-refractivity contribution in [3.63, 3.8) is 0 Å². The van der Waals surface area contributed by atoms with Gasteiger partial charge in [0, 0.05) is 6.04 Å². The largest absolute Gasteiger partial charge is 0.494 e. The first-order valence-electron chi connectivity index (χ1n) is 6.81. The van der Waals surface area contributed by atoms with Crippen molar-refractivity contribution in [3.8, 4) is 11.5 Å². The van der Waals surface area contributed by atoms with Gasteiger partial charge in [-0.25, -0.2) is 0 Å². The highest BCUT2D eigenvalue weighted by atomic mass is 16.5. The van der Waals surface area contributed by atoms with Gasteiger partial charge in [-0.15, -0.1) is 0 Å². The summed E-state index contributed by atoms with van der Waals surface area (Å²) in [5, 5.41) is 11.4. The molecule has 6 heteroatoms. The maximum absolute atomic E-state index is 11.7. The van der Waals surface area contributed by atoms with E-state index >= 15 is 0 Å². The summed E-state index contributed by atoms with van der Waals surface area (Å²) in [6.07, 6.45) is 0. The summed E-state index contributed by atoms with van der Waals surface area (Å²) >= 11 is 0. The van der Waals surface area contributed by atoms with Crippen molar-refractivity contribution in [1.82, 2.24) is 5.32 Å². The number of carboxylic acids is 1. The summed E-state index contributed by atoms with van der Waals surface area (Å²) < 4.78 is 10.6.